The highest BCUT2D eigenvalue weighted by Crippen LogP contribution is 2.62. The molecular weight excluding hydrogens is 769 g/mol. The summed E-state index contributed by atoms with van der Waals surface area (Å²) in [5, 5.41) is 7.70. The lowest BCUT2D eigenvalue weighted by molar-refractivity contribution is 0.773. The summed E-state index contributed by atoms with van der Waals surface area (Å²) in [6.07, 6.45) is 0. The van der Waals surface area contributed by atoms with Crippen molar-refractivity contribution >= 4 is 81.1 Å². The second-order valence-corrected chi connectivity index (χ2v) is 17.8. The van der Waals surface area contributed by atoms with Gasteiger partial charge in [-0.3, -0.25) is 0 Å². The Morgan fingerprint density at radius 2 is 0.952 bits per heavy atom. The molecular formula is C59H36N2S. The quantitative estimate of drug-likeness (QED) is 0.172. The third kappa shape index (κ3) is 4.42. The number of aromatic nitrogens is 1. The fourth-order valence-electron chi connectivity index (χ4n) is 11.4. The monoisotopic (exact) mass is 804 g/mol. The fraction of sp³-hybridized carbons (Fsp3) is 0.0169. The van der Waals surface area contributed by atoms with Gasteiger partial charge in [0, 0.05) is 48.0 Å². The van der Waals surface area contributed by atoms with Crippen LogP contribution in [0.3, 0.4) is 0 Å². The first kappa shape index (κ1) is 34.0. The van der Waals surface area contributed by atoms with E-state index < -0.39 is 5.41 Å². The van der Waals surface area contributed by atoms with Crippen LogP contribution < -0.4 is 4.90 Å². The minimum absolute atomic E-state index is 0.507. The number of benzene rings is 10. The van der Waals surface area contributed by atoms with Crippen molar-refractivity contribution in [3.63, 3.8) is 0 Å². The molecule has 10 aromatic carbocycles. The number of anilines is 3. The molecule has 288 valence electrons. The van der Waals surface area contributed by atoms with Gasteiger partial charge < -0.3 is 9.47 Å². The number of hydrogen-bond acceptors (Lipinski definition) is 2. The molecule has 1 unspecified atom stereocenters. The third-order valence-corrected chi connectivity index (χ3v) is 14.9. The normalized spacial score (nSPS) is 14.8. The number of nitrogens with zero attached hydrogens (tertiary/aromatic N) is 2. The van der Waals surface area contributed by atoms with Gasteiger partial charge in [-0.1, -0.05) is 158 Å². The van der Waals surface area contributed by atoms with Crippen LogP contribution in [0.4, 0.5) is 17.1 Å². The van der Waals surface area contributed by atoms with Crippen LogP contribution in [0, 0.1) is 0 Å². The maximum atomic E-state index is 2.50. The van der Waals surface area contributed by atoms with Crippen molar-refractivity contribution in [2.45, 2.75) is 5.41 Å². The molecule has 0 saturated carbocycles. The van der Waals surface area contributed by atoms with Gasteiger partial charge in [0.15, 0.2) is 0 Å². The van der Waals surface area contributed by atoms with Crippen LogP contribution in [0.5, 0.6) is 0 Å². The van der Waals surface area contributed by atoms with Gasteiger partial charge in [-0.15, -0.1) is 11.3 Å². The molecule has 0 amide bonds. The van der Waals surface area contributed by atoms with E-state index in [0.29, 0.717) is 0 Å². The van der Waals surface area contributed by atoms with Gasteiger partial charge in [-0.25, -0.2) is 0 Å². The van der Waals surface area contributed by atoms with Gasteiger partial charge in [0.25, 0.3) is 0 Å². The highest BCUT2D eigenvalue weighted by atomic mass is 32.1. The van der Waals surface area contributed by atoms with Crippen molar-refractivity contribution < 1.29 is 0 Å². The molecule has 0 radical (unpaired) electrons. The summed E-state index contributed by atoms with van der Waals surface area (Å²) in [6, 6.07) is 81.6. The van der Waals surface area contributed by atoms with Crippen molar-refractivity contribution in [2.75, 3.05) is 4.90 Å². The van der Waals surface area contributed by atoms with Crippen LogP contribution in [0.1, 0.15) is 22.3 Å². The van der Waals surface area contributed by atoms with Crippen molar-refractivity contribution in [3.8, 4) is 27.9 Å². The zero-order valence-electron chi connectivity index (χ0n) is 33.6. The molecule has 2 aliphatic carbocycles. The summed E-state index contributed by atoms with van der Waals surface area (Å²) in [4.78, 5) is 2.46. The van der Waals surface area contributed by atoms with Gasteiger partial charge in [-0.05, 0) is 116 Å². The van der Waals surface area contributed by atoms with E-state index in [2.05, 4.69) is 228 Å². The lowest BCUT2D eigenvalue weighted by Gasteiger charge is -2.40. The Hall–Kier alpha value is -7.72. The van der Waals surface area contributed by atoms with Gasteiger partial charge >= 0.3 is 0 Å². The second-order valence-electron chi connectivity index (χ2n) is 16.8. The average Bonchev–Trinajstić information content (AvgIpc) is 3.97. The highest BCUT2D eigenvalue weighted by Gasteiger charge is 2.50. The Morgan fingerprint density at radius 1 is 0.355 bits per heavy atom. The zero-order valence-corrected chi connectivity index (χ0v) is 34.4. The lowest BCUT2D eigenvalue weighted by atomic mass is 9.61. The molecule has 0 fully saturated rings. The van der Waals surface area contributed by atoms with Gasteiger partial charge in [0.05, 0.1) is 22.1 Å². The van der Waals surface area contributed by atoms with Crippen LogP contribution in [0.25, 0.3) is 80.7 Å². The Bertz CT molecular complexity index is 3830. The molecule has 1 atom stereocenters. The summed E-state index contributed by atoms with van der Waals surface area (Å²) in [6.45, 7) is 0. The van der Waals surface area contributed by atoms with E-state index >= 15 is 0 Å². The maximum Gasteiger partial charge on any atom is 0.0726 e. The maximum absolute atomic E-state index is 2.50. The molecule has 2 heterocycles. The molecule has 0 N–H and O–H groups in total. The van der Waals surface area contributed by atoms with E-state index in [-0.39, 0.29) is 0 Å². The van der Waals surface area contributed by atoms with Crippen LogP contribution in [-0.2, 0) is 5.41 Å². The minimum Gasteiger partial charge on any atom is -0.310 e. The number of thiophene rings is 1. The standard InChI is InChI=1S/C59H36N2S/c1-2-17-38(18-3-1)60(40-32-34-45-44-21-6-10-27-52(44)61(54(45)36-40)53-28-14-30-56-58(53)47-22-7-11-29-55(47)62-56)39-31-33-43-41-19-4-8-24-48(41)59(51(43)35-39)49-25-9-5-20-42(49)46-23-12-15-37-16-13-26-50(59)57(37)46/h1-36H. The molecule has 62 heavy (non-hydrogen) atoms. The summed E-state index contributed by atoms with van der Waals surface area (Å²) in [5.74, 6) is 0. The Balaban J connectivity index is 1.05. The van der Waals surface area contributed by atoms with Crippen molar-refractivity contribution in [2.24, 2.45) is 0 Å². The summed E-state index contributed by atoms with van der Waals surface area (Å²) < 4.78 is 5.11. The van der Waals surface area contributed by atoms with Crippen molar-refractivity contribution in [3.05, 3.63) is 241 Å². The number of fused-ring (bicyclic) bond motifs is 15. The molecule has 1 spiro atoms. The molecule has 2 nitrogen and oxygen atoms in total. The molecule has 2 aliphatic rings. The first-order chi connectivity index (χ1) is 30.8. The number of para-hydroxylation sites is 2. The van der Waals surface area contributed by atoms with E-state index in [1.165, 1.54) is 103 Å². The van der Waals surface area contributed by atoms with Crippen LogP contribution >= 0.6 is 11.3 Å². The first-order valence-corrected chi connectivity index (χ1v) is 22.2. The van der Waals surface area contributed by atoms with E-state index in [4.69, 9.17) is 0 Å². The van der Waals surface area contributed by atoms with E-state index in [1.807, 2.05) is 11.3 Å². The Kier molecular flexibility index (Phi) is 6.95. The lowest BCUT2D eigenvalue weighted by Crippen LogP contribution is -2.32. The average molecular weight is 805 g/mol. The second kappa shape index (κ2) is 12.7. The molecule has 12 aromatic rings. The Morgan fingerprint density at radius 3 is 1.81 bits per heavy atom. The van der Waals surface area contributed by atoms with E-state index in [1.54, 1.807) is 0 Å². The van der Waals surface area contributed by atoms with E-state index in [9.17, 15) is 0 Å². The summed E-state index contributed by atoms with van der Waals surface area (Å²) in [7, 11) is 0. The number of hydrogen-bond donors (Lipinski definition) is 0. The number of rotatable bonds is 4. The molecule has 3 heteroatoms. The molecule has 0 saturated heterocycles. The van der Waals surface area contributed by atoms with Gasteiger partial charge in [0.1, 0.15) is 0 Å². The predicted molar refractivity (Wildman–Crippen MR) is 262 cm³/mol. The first-order valence-electron chi connectivity index (χ1n) is 21.4. The Labute approximate surface area is 362 Å². The highest BCUT2D eigenvalue weighted by molar-refractivity contribution is 7.25. The molecule has 2 aromatic heterocycles. The zero-order chi connectivity index (χ0) is 40.5. The summed E-state index contributed by atoms with van der Waals surface area (Å²) in [5.41, 5.74) is 17.0. The van der Waals surface area contributed by atoms with Gasteiger partial charge in [0.2, 0.25) is 0 Å². The summed E-state index contributed by atoms with van der Waals surface area (Å²) >= 11 is 1.87. The van der Waals surface area contributed by atoms with Crippen LogP contribution in [0.2, 0.25) is 0 Å². The smallest absolute Gasteiger partial charge is 0.0726 e. The molecule has 14 rings (SSSR count). The van der Waals surface area contributed by atoms with E-state index in [0.717, 1.165) is 17.1 Å². The van der Waals surface area contributed by atoms with Gasteiger partial charge in [-0.2, -0.15) is 0 Å². The minimum atomic E-state index is -0.507. The fourth-order valence-corrected chi connectivity index (χ4v) is 12.5. The third-order valence-electron chi connectivity index (χ3n) is 13.8. The van der Waals surface area contributed by atoms with Crippen LogP contribution in [0.15, 0.2) is 218 Å². The molecule has 0 aliphatic heterocycles. The van der Waals surface area contributed by atoms with Crippen LogP contribution in [-0.4, -0.2) is 4.57 Å². The molecule has 0 bridgehead atoms. The van der Waals surface area contributed by atoms with Crippen molar-refractivity contribution in [1.29, 1.82) is 0 Å². The predicted octanol–water partition coefficient (Wildman–Crippen LogP) is 16.1. The SMILES string of the molecule is c1ccc(N(c2ccc3c(c2)C2(c4ccccc4-3)c3ccccc3-c3cccc4cccc2c34)c2ccc3c4ccccc4n(-c4cccc5sc6ccccc6c45)c3c2)cc1. The van der Waals surface area contributed by atoms with Crippen molar-refractivity contribution in [1.82, 2.24) is 4.57 Å². The topological polar surface area (TPSA) is 8.17 Å². The largest absolute Gasteiger partial charge is 0.310 e.